The topological polar surface area (TPSA) is 93.1 Å². The van der Waals surface area contributed by atoms with E-state index >= 15 is 0 Å². The van der Waals surface area contributed by atoms with E-state index in [2.05, 4.69) is 40.7 Å². The molecule has 2 N–H and O–H groups in total. The third kappa shape index (κ3) is 2.97. The van der Waals surface area contributed by atoms with Crippen LogP contribution in [0.4, 0.5) is 0 Å². The average molecular weight is 529 g/mol. The second-order valence-electron chi connectivity index (χ2n) is 15.7. The van der Waals surface area contributed by atoms with Gasteiger partial charge in [0.25, 0.3) is 0 Å². The zero-order valence-electron chi connectivity index (χ0n) is 24.4. The van der Waals surface area contributed by atoms with Crippen molar-refractivity contribution in [1.82, 2.24) is 0 Å². The molecule has 5 aliphatic carbocycles. The summed E-state index contributed by atoms with van der Waals surface area (Å²) in [5.74, 6) is 0.383. The van der Waals surface area contributed by atoms with E-state index < -0.39 is 16.9 Å². The monoisotopic (exact) mass is 528 g/mol. The smallest absolute Gasteiger partial charge is 0.313 e. The van der Waals surface area contributed by atoms with Gasteiger partial charge < -0.3 is 19.7 Å². The lowest BCUT2D eigenvalue weighted by Gasteiger charge is -2.70. The molecule has 0 radical (unpaired) electrons. The number of hydrogen-bond acceptors (Lipinski definition) is 6. The number of aliphatic hydroxyl groups excluding tert-OH is 2. The highest BCUT2D eigenvalue weighted by atomic mass is 16.6. The minimum atomic E-state index is -0.688. The maximum Gasteiger partial charge on any atom is 0.313 e. The molecule has 0 aromatic carbocycles. The first kappa shape index (κ1) is 26.8. The fourth-order valence-corrected chi connectivity index (χ4v) is 11.5. The van der Waals surface area contributed by atoms with E-state index in [1.807, 2.05) is 6.92 Å². The van der Waals surface area contributed by atoms with E-state index in [-0.39, 0.29) is 58.3 Å². The van der Waals surface area contributed by atoms with E-state index in [9.17, 15) is 19.8 Å². The number of allylic oxidation sites excluding steroid dienone is 1. The van der Waals surface area contributed by atoms with Crippen LogP contribution in [-0.2, 0) is 19.1 Å². The Balaban J connectivity index is 1.46. The van der Waals surface area contributed by atoms with Gasteiger partial charge >= 0.3 is 11.9 Å². The molecular weight excluding hydrogens is 480 g/mol. The Bertz CT molecular complexity index is 1100. The van der Waals surface area contributed by atoms with Crippen LogP contribution in [0.15, 0.2) is 11.6 Å². The number of ether oxygens (including phenoxy) is 2. The van der Waals surface area contributed by atoms with Crippen molar-refractivity contribution in [1.29, 1.82) is 0 Å². The summed E-state index contributed by atoms with van der Waals surface area (Å²) in [6, 6.07) is 0. The molecule has 2 bridgehead atoms. The molecule has 6 rings (SSSR count). The van der Waals surface area contributed by atoms with Gasteiger partial charge in [-0.05, 0) is 72.5 Å². The minimum Gasteiger partial charge on any atom is -0.462 e. The first-order chi connectivity index (χ1) is 17.6. The standard InChI is InChI=1S/C32H48O6/c1-18(34)37-24-15-32-16-25(38-26(32)36)31(7)19(20(32)14-28(24,4)17-33)8-9-22-29(5)12-11-23(35)27(2,3)21(29)10-13-30(22,31)6/h8,20-25,33,35H,9-17H2,1-7H3. The Kier molecular flexibility index (Phi) is 5.55. The highest BCUT2D eigenvalue weighted by Gasteiger charge is 2.76. The summed E-state index contributed by atoms with van der Waals surface area (Å²) < 4.78 is 12.2. The molecule has 11 unspecified atom stereocenters. The van der Waals surface area contributed by atoms with Gasteiger partial charge in [0, 0.05) is 30.6 Å². The molecule has 1 spiro atoms. The molecular formula is C32H48O6. The molecule has 1 saturated heterocycles. The number of esters is 2. The van der Waals surface area contributed by atoms with Crippen molar-refractivity contribution < 1.29 is 29.3 Å². The predicted molar refractivity (Wildman–Crippen MR) is 143 cm³/mol. The van der Waals surface area contributed by atoms with Gasteiger partial charge in [-0.1, -0.05) is 53.2 Å². The molecule has 0 amide bonds. The van der Waals surface area contributed by atoms with Crippen LogP contribution in [0.1, 0.15) is 99.8 Å². The van der Waals surface area contributed by atoms with E-state index in [0.29, 0.717) is 31.1 Å². The largest absolute Gasteiger partial charge is 0.462 e. The van der Waals surface area contributed by atoms with Gasteiger partial charge in [0.15, 0.2) is 0 Å². The van der Waals surface area contributed by atoms with E-state index in [1.165, 1.54) is 12.5 Å². The molecule has 0 aromatic rings. The third-order valence-corrected chi connectivity index (χ3v) is 13.9. The van der Waals surface area contributed by atoms with Crippen molar-refractivity contribution in [2.75, 3.05) is 6.61 Å². The summed E-state index contributed by atoms with van der Waals surface area (Å²) in [5, 5.41) is 21.5. The molecule has 1 aliphatic heterocycles. The van der Waals surface area contributed by atoms with Gasteiger partial charge in [-0.15, -0.1) is 0 Å². The first-order valence-corrected chi connectivity index (χ1v) is 15.0. The van der Waals surface area contributed by atoms with Crippen LogP contribution < -0.4 is 0 Å². The fraction of sp³-hybridized carbons (Fsp3) is 0.875. The quantitative estimate of drug-likeness (QED) is 0.378. The van der Waals surface area contributed by atoms with Crippen LogP contribution in [0.5, 0.6) is 0 Å². The molecule has 38 heavy (non-hydrogen) atoms. The lowest BCUT2D eigenvalue weighted by Crippen LogP contribution is -2.67. The van der Waals surface area contributed by atoms with Crippen LogP contribution in [0.2, 0.25) is 0 Å². The van der Waals surface area contributed by atoms with Crippen molar-refractivity contribution in [3.05, 3.63) is 11.6 Å². The molecule has 6 nitrogen and oxygen atoms in total. The highest BCUT2D eigenvalue weighted by Crippen LogP contribution is 2.77. The third-order valence-electron chi connectivity index (χ3n) is 13.9. The summed E-state index contributed by atoms with van der Waals surface area (Å²) in [5.41, 5.74) is -0.254. The van der Waals surface area contributed by atoms with Gasteiger partial charge in [0.05, 0.1) is 18.1 Å². The molecule has 4 saturated carbocycles. The Morgan fingerprint density at radius 1 is 1.05 bits per heavy atom. The van der Waals surface area contributed by atoms with Crippen molar-refractivity contribution in [3.8, 4) is 0 Å². The number of hydrogen-bond donors (Lipinski definition) is 2. The molecule has 1 heterocycles. The summed E-state index contributed by atoms with van der Waals surface area (Å²) >= 11 is 0. The number of carbonyl (C=O) groups excluding carboxylic acids is 2. The van der Waals surface area contributed by atoms with Crippen LogP contribution in [0.3, 0.4) is 0 Å². The summed E-state index contributed by atoms with van der Waals surface area (Å²) in [4.78, 5) is 25.8. The molecule has 6 heteroatoms. The summed E-state index contributed by atoms with van der Waals surface area (Å²) in [6.45, 7) is 15.2. The lowest BCUT2D eigenvalue weighted by molar-refractivity contribution is -0.214. The number of rotatable bonds is 2. The van der Waals surface area contributed by atoms with Gasteiger partial charge in [0.2, 0.25) is 0 Å². The van der Waals surface area contributed by atoms with Crippen molar-refractivity contribution in [2.45, 2.75) is 118 Å². The van der Waals surface area contributed by atoms with Crippen LogP contribution in [0, 0.1) is 50.2 Å². The van der Waals surface area contributed by atoms with Crippen LogP contribution >= 0.6 is 0 Å². The maximum absolute atomic E-state index is 13.8. The van der Waals surface area contributed by atoms with Crippen LogP contribution in [0.25, 0.3) is 0 Å². The van der Waals surface area contributed by atoms with E-state index in [0.717, 1.165) is 32.1 Å². The predicted octanol–water partition coefficient (Wildman–Crippen LogP) is 5.20. The Labute approximate surface area is 227 Å². The second-order valence-corrected chi connectivity index (χ2v) is 15.7. The van der Waals surface area contributed by atoms with Crippen molar-refractivity contribution in [3.63, 3.8) is 0 Å². The zero-order chi connectivity index (χ0) is 27.7. The van der Waals surface area contributed by atoms with Gasteiger partial charge in [-0.3, -0.25) is 9.59 Å². The SMILES string of the molecule is CC(=O)OC1CC23CC(OC2=O)C2(C)C(=CCC4C5(C)CCC(O)C(C)(C)C5CCC42C)C3CC1(C)CO. The van der Waals surface area contributed by atoms with Gasteiger partial charge in [-0.2, -0.15) is 0 Å². The fourth-order valence-electron chi connectivity index (χ4n) is 11.5. The number of aliphatic hydroxyl groups is 2. The van der Waals surface area contributed by atoms with Crippen molar-refractivity contribution in [2.24, 2.45) is 50.2 Å². The highest BCUT2D eigenvalue weighted by molar-refractivity contribution is 5.82. The lowest BCUT2D eigenvalue weighted by atomic mass is 9.33. The molecule has 0 aromatic heterocycles. The molecule has 11 atom stereocenters. The van der Waals surface area contributed by atoms with Crippen LogP contribution in [-0.4, -0.2) is 47.1 Å². The minimum absolute atomic E-state index is 0.0179. The zero-order valence-corrected chi connectivity index (χ0v) is 24.4. The molecule has 6 aliphatic rings. The molecule has 212 valence electrons. The molecule has 5 fully saturated rings. The first-order valence-electron chi connectivity index (χ1n) is 15.0. The van der Waals surface area contributed by atoms with Gasteiger partial charge in [-0.25, -0.2) is 0 Å². The number of fused-ring (bicyclic) bond motifs is 8. The van der Waals surface area contributed by atoms with Crippen molar-refractivity contribution >= 4 is 11.9 Å². The van der Waals surface area contributed by atoms with Gasteiger partial charge in [0.1, 0.15) is 12.2 Å². The summed E-state index contributed by atoms with van der Waals surface area (Å²) in [6.07, 6.45) is 8.21. The normalized spacial score (nSPS) is 54.4. The Morgan fingerprint density at radius 2 is 1.76 bits per heavy atom. The second kappa shape index (κ2) is 7.87. The van der Waals surface area contributed by atoms with E-state index in [4.69, 9.17) is 9.47 Å². The summed E-state index contributed by atoms with van der Waals surface area (Å²) in [7, 11) is 0. The maximum atomic E-state index is 13.8. The Morgan fingerprint density at radius 3 is 2.42 bits per heavy atom. The van der Waals surface area contributed by atoms with E-state index in [1.54, 1.807) is 0 Å². The average Bonchev–Trinajstić information content (AvgIpc) is 3.13. The number of carbonyl (C=O) groups is 2. The Hall–Kier alpha value is -1.40.